The number of benzene rings is 2. The maximum Gasteiger partial charge on any atom is 0.239 e. The zero-order valence-electron chi connectivity index (χ0n) is 22.3. The summed E-state index contributed by atoms with van der Waals surface area (Å²) in [6.45, 7) is 0.582. The average molecular weight is 611 g/mol. The standard InChI is InChI=1S/C27H30O16/c1-8-17(33)21(37)25(43-26-22(38)20(36)18(34)15(7-28)41-26)27(39-8)42-24-19(35)16-13(32)5-10(29)6-14(16)40-23(24)9-2-3-11(30)12(31)4-9/h2-6,8,15,17-18,20-22,25-34,36-38H,7H2,1H3/t8?,15?,17-,18-,20-,21?,22?,25-,26-,27-/m0/s1. The number of hydrogen-bond donors (Lipinski definition) is 10. The predicted octanol–water partition coefficient (Wildman–Crippen LogP) is -1.69. The molecule has 234 valence electrons. The molecule has 0 spiro atoms. The lowest BCUT2D eigenvalue weighted by atomic mass is 9.97. The fourth-order valence-corrected chi connectivity index (χ4v) is 4.92. The summed E-state index contributed by atoms with van der Waals surface area (Å²) in [5.74, 6) is -3.29. The fourth-order valence-electron chi connectivity index (χ4n) is 4.92. The van der Waals surface area contributed by atoms with Crippen LogP contribution in [0.4, 0.5) is 0 Å². The minimum atomic E-state index is -1.91. The second-order valence-electron chi connectivity index (χ2n) is 10.2. The zero-order valence-corrected chi connectivity index (χ0v) is 22.3. The molecular weight excluding hydrogens is 580 g/mol. The minimum Gasteiger partial charge on any atom is -0.508 e. The lowest BCUT2D eigenvalue weighted by Gasteiger charge is -2.45. The van der Waals surface area contributed by atoms with Crippen LogP contribution in [0.1, 0.15) is 6.92 Å². The smallest absolute Gasteiger partial charge is 0.239 e. The Bertz CT molecular complexity index is 1540. The molecule has 10 N–H and O–H groups in total. The fraction of sp³-hybridized carbons (Fsp3) is 0.444. The van der Waals surface area contributed by atoms with Crippen LogP contribution in [0.3, 0.4) is 0 Å². The van der Waals surface area contributed by atoms with Gasteiger partial charge >= 0.3 is 0 Å². The third-order valence-corrected chi connectivity index (χ3v) is 7.31. The highest BCUT2D eigenvalue weighted by Gasteiger charge is 2.51. The molecule has 1 aromatic heterocycles. The number of phenols is 4. The maximum atomic E-state index is 13.7. The van der Waals surface area contributed by atoms with Crippen LogP contribution in [0, 0.1) is 0 Å². The molecule has 3 heterocycles. The predicted molar refractivity (Wildman–Crippen MR) is 140 cm³/mol. The van der Waals surface area contributed by atoms with Gasteiger partial charge in [-0.1, -0.05) is 0 Å². The molecule has 2 aromatic carbocycles. The van der Waals surface area contributed by atoms with Crippen molar-refractivity contribution in [2.24, 2.45) is 0 Å². The van der Waals surface area contributed by atoms with Gasteiger partial charge in [0.05, 0.1) is 12.7 Å². The first kappa shape index (κ1) is 30.7. The Balaban J connectivity index is 1.60. The van der Waals surface area contributed by atoms with Gasteiger partial charge in [0.15, 0.2) is 29.7 Å². The van der Waals surface area contributed by atoms with E-state index >= 15 is 0 Å². The van der Waals surface area contributed by atoms with Crippen molar-refractivity contribution in [2.45, 2.75) is 68.3 Å². The lowest BCUT2D eigenvalue weighted by molar-refractivity contribution is -0.355. The molecule has 10 atom stereocenters. The molecule has 2 saturated heterocycles. The maximum absolute atomic E-state index is 13.7. The van der Waals surface area contributed by atoms with Crippen molar-refractivity contribution in [1.29, 1.82) is 0 Å². The van der Waals surface area contributed by atoms with E-state index < -0.39 is 108 Å². The number of phenolic OH excluding ortho intramolecular Hbond substituents is 4. The molecule has 3 aromatic rings. The average Bonchev–Trinajstić information content (AvgIpc) is 2.96. The van der Waals surface area contributed by atoms with Crippen molar-refractivity contribution >= 4 is 11.0 Å². The summed E-state index contributed by atoms with van der Waals surface area (Å²) in [6.07, 6.45) is -16.8. The van der Waals surface area contributed by atoms with Crippen molar-refractivity contribution in [3.05, 3.63) is 40.6 Å². The van der Waals surface area contributed by atoms with E-state index in [1.165, 1.54) is 13.0 Å². The highest BCUT2D eigenvalue weighted by atomic mass is 16.8. The quantitative estimate of drug-likeness (QED) is 0.140. The number of hydrogen-bond acceptors (Lipinski definition) is 16. The lowest BCUT2D eigenvalue weighted by Crippen LogP contribution is -2.64. The number of rotatable bonds is 6. The summed E-state index contributed by atoms with van der Waals surface area (Å²) < 4.78 is 28.3. The van der Waals surface area contributed by atoms with Crippen LogP contribution in [0.2, 0.25) is 0 Å². The minimum absolute atomic E-state index is 0.0250. The third kappa shape index (κ3) is 5.55. The SMILES string of the molecule is CC1O[C@@H](Oc2c(-c3ccc(O)c(O)c3)oc3cc(O)cc(O)c3c2=O)[C@@H](O[C@@H]2OC(CO)[C@H](O)[C@H](O)C2O)C(O)[C@H]1O. The molecule has 5 rings (SSSR count). The van der Waals surface area contributed by atoms with Crippen molar-refractivity contribution in [1.82, 2.24) is 0 Å². The molecule has 16 heteroatoms. The molecule has 0 bridgehead atoms. The number of aliphatic hydroxyl groups excluding tert-OH is 6. The molecule has 0 amide bonds. The Morgan fingerprint density at radius 1 is 0.791 bits per heavy atom. The molecule has 16 nitrogen and oxygen atoms in total. The molecule has 0 aliphatic carbocycles. The highest BCUT2D eigenvalue weighted by molar-refractivity contribution is 5.88. The van der Waals surface area contributed by atoms with Gasteiger partial charge in [0.25, 0.3) is 0 Å². The van der Waals surface area contributed by atoms with Gasteiger partial charge in [-0.3, -0.25) is 4.79 Å². The molecule has 4 unspecified atom stereocenters. The first-order chi connectivity index (χ1) is 20.3. The number of aromatic hydroxyl groups is 4. The van der Waals surface area contributed by atoms with Gasteiger partial charge in [-0.2, -0.15) is 0 Å². The van der Waals surface area contributed by atoms with E-state index in [0.717, 1.165) is 24.3 Å². The topological polar surface area (TPSA) is 269 Å². The number of ether oxygens (including phenoxy) is 4. The van der Waals surface area contributed by atoms with E-state index in [1.54, 1.807) is 0 Å². The Hall–Kier alpha value is -3.71. The monoisotopic (exact) mass is 610 g/mol. The van der Waals surface area contributed by atoms with Crippen molar-refractivity contribution < 1.29 is 74.4 Å². The molecule has 2 aliphatic heterocycles. The summed E-state index contributed by atoms with van der Waals surface area (Å²) in [5.41, 5.74) is -1.33. The highest BCUT2D eigenvalue weighted by Crippen LogP contribution is 2.40. The summed E-state index contributed by atoms with van der Waals surface area (Å²) in [7, 11) is 0. The van der Waals surface area contributed by atoms with Gasteiger partial charge in [0, 0.05) is 17.7 Å². The second kappa shape index (κ2) is 11.8. The summed E-state index contributed by atoms with van der Waals surface area (Å²) in [6, 6.07) is 5.27. The Kier molecular flexibility index (Phi) is 8.41. The molecule has 2 fully saturated rings. The Morgan fingerprint density at radius 3 is 2.19 bits per heavy atom. The van der Waals surface area contributed by atoms with Gasteiger partial charge in [-0.15, -0.1) is 0 Å². The summed E-state index contributed by atoms with van der Waals surface area (Å²) in [5, 5.41) is 101. The molecule has 0 saturated carbocycles. The molecule has 0 radical (unpaired) electrons. The zero-order chi connectivity index (χ0) is 31.3. The third-order valence-electron chi connectivity index (χ3n) is 7.31. The summed E-state index contributed by atoms with van der Waals surface area (Å²) >= 11 is 0. The number of aliphatic hydroxyl groups is 6. The van der Waals surface area contributed by atoms with Crippen molar-refractivity contribution in [2.75, 3.05) is 6.61 Å². The van der Waals surface area contributed by atoms with Crippen LogP contribution >= 0.6 is 0 Å². The van der Waals surface area contributed by atoms with Gasteiger partial charge in [0.2, 0.25) is 17.5 Å². The van der Waals surface area contributed by atoms with Crippen LogP contribution < -0.4 is 10.2 Å². The first-order valence-corrected chi connectivity index (χ1v) is 13.0. The normalized spacial score (nSPS) is 33.0. The van der Waals surface area contributed by atoms with Crippen LogP contribution in [-0.4, -0.2) is 119 Å². The van der Waals surface area contributed by atoms with E-state index in [2.05, 4.69) is 0 Å². The second-order valence-corrected chi connectivity index (χ2v) is 10.2. The van der Waals surface area contributed by atoms with Gasteiger partial charge in [-0.05, 0) is 25.1 Å². The van der Waals surface area contributed by atoms with E-state index in [-0.39, 0.29) is 16.9 Å². The van der Waals surface area contributed by atoms with Crippen LogP contribution in [0.25, 0.3) is 22.3 Å². The Morgan fingerprint density at radius 2 is 1.51 bits per heavy atom. The first-order valence-electron chi connectivity index (χ1n) is 13.0. The van der Waals surface area contributed by atoms with Crippen LogP contribution in [0.5, 0.6) is 28.7 Å². The molecular formula is C27H30O16. The van der Waals surface area contributed by atoms with Crippen LogP contribution in [0.15, 0.2) is 39.5 Å². The van der Waals surface area contributed by atoms with Crippen LogP contribution in [-0.2, 0) is 14.2 Å². The van der Waals surface area contributed by atoms with E-state index in [4.69, 9.17) is 23.4 Å². The van der Waals surface area contributed by atoms with Gasteiger partial charge in [0.1, 0.15) is 59.1 Å². The van der Waals surface area contributed by atoms with Gasteiger partial charge < -0.3 is 74.4 Å². The Labute approximate surface area is 241 Å². The van der Waals surface area contributed by atoms with Crippen molar-refractivity contribution in [3.63, 3.8) is 0 Å². The van der Waals surface area contributed by atoms with E-state index in [0.29, 0.717) is 0 Å². The number of fused-ring (bicyclic) bond motifs is 1. The summed E-state index contributed by atoms with van der Waals surface area (Å²) in [4.78, 5) is 13.7. The van der Waals surface area contributed by atoms with Gasteiger partial charge in [-0.25, -0.2) is 0 Å². The van der Waals surface area contributed by atoms with E-state index in [9.17, 15) is 55.9 Å². The largest absolute Gasteiger partial charge is 0.508 e. The van der Waals surface area contributed by atoms with E-state index in [1.807, 2.05) is 0 Å². The van der Waals surface area contributed by atoms with Crippen molar-refractivity contribution in [3.8, 4) is 40.1 Å². The molecule has 43 heavy (non-hydrogen) atoms. The molecule has 2 aliphatic rings.